The van der Waals surface area contributed by atoms with Crippen molar-refractivity contribution in [3.05, 3.63) is 29.0 Å². The van der Waals surface area contributed by atoms with Crippen LogP contribution >= 0.6 is 11.6 Å². The fourth-order valence-electron chi connectivity index (χ4n) is 1.97. The molecule has 1 N–H and O–H groups in total. The number of nitrogens with zero attached hydrogens (tertiary/aromatic N) is 2. The Kier molecular flexibility index (Phi) is 4.61. The average Bonchev–Trinajstić information content (AvgIpc) is 2.40. The van der Waals surface area contributed by atoms with E-state index < -0.39 is 0 Å². The maximum Gasteiger partial charge on any atom is 0.241 e. The molecule has 0 unspecified atom stereocenters. The summed E-state index contributed by atoms with van der Waals surface area (Å²) in [5.74, 6) is -0.368. The molecule has 2 rings (SSSR count). The number of anilines is 1. The van der Waals surface area contributed by atoms with Crippen molar-refractivity contribution in [2.24, 2.45) is 0 Å². The molecule has 104 valence electrons. The molecule has 1 aromatic rings. The van der Waals surface area contributed by atoms with Crippen LogP contribution in [0, 0.1) is 5.82 Å². The van der Waals surface area contributed by atoms with E-state index in [9.17, 15) is 9.18 Å². The third kappa shape index (κ3) is 3.81. The number of hydrogen-bond donors (Lipinski definition) is 1. The summed E-state index contributed by atoms with van der Waals surface area (Å²) in [6, 6.07) is 4.05. The zero-order valence-corrected chi connectivity index (χ0v) is 11.6. The minimum absolute atomic E-state index is 0.00780. The monoisotopic (exact) mass is 285 g/mol. The minimum atomic E-state index is -0.376. The van der Waals surface area contributed by atoms with Gasteiger partial charge in [-0.2, -0.15) is 0 Å². The number of benzene rings is 1. The molecular weight excluding hydrogens is 269 g/mol. The molecular formula is C13H17ClFN3O. The molecule has 0 bridgehead atoms. The number of hydrogen-bond acceptors (Lipinski definition) is 3. The number of halogens is 2. The Morgan fingerprint density at radius 1 is 1.37 bits per heavy atom. The third-order valence-electron chi connectivity index (χ3n) is 3.21. The lowest BCUT2D eigenvalue weighted by molar-refractivity contribution is -0.130. The molecule has 6 heteroatoms. The van der Waals surface area contributed by atoms with Crippen LogP contribution in [0.15, 0.2) is 18.2 Å². The summed E-state index contributed by atoms with van der Waals surface area (Å²) in [6.07, 6.45) is 0. The van der Waals surface area contributed by atoms with Crippen molar-refractivity contribution in [1.29, 1.82) is 0 Å². The summed E-state index contributed by atoms with van der Waals surface area (Å²) >= 11 is 5.92. The lowest BCUT2D eigenvalue weighted by Gasteiger charge is -2.32. The summed E-state index contributed by atoms with van der Waals surface area (Å²) in [5, 5.41) is 3.30. The van der Waals surface area contributed by atoms with Gasteiger partial charge in [0.25, 0.3) is 0 Å². The fraction of sp³-hybridized carbons (Fsp3) is 0.462. The standard InChI is InChI=1S/C13H17ClFN3O/c1-17-4-6-18(7-5-17)13(19)9-16-12-8-10(15)2-3-11(12)14/h2-3,8,16H,4-7,9H2,1H3. The smallest absolute Gasteiger partial charge is 0.241 e. The van der Waals surface area contributed by atoms with Gasteiger partial charge in [-0.15, -0.1) is 0 Å². The summed E-state index contributed by atoms with van der Waals surface area (Å²) < 4.78 is 13.1. The van der Waals surface area contributed by atoms with E-state index in [1.807, 2.05) is 7.05 Å². The molecule has 4 nitrogen and oxygen atoms in total. The highest BCUT2D eigenvalue weighted by molar-refractivity contribution is 6.33. The molecule has 1 aromatic carbocycles. The lowest BCUT2D eigenvalue weighted by atomic mass is 10.3. The van der Waals surface area contributed by atoms with Crippen molar-refractivity contribution in [2.45, 2.75) is 0 Å². The zero-order valence-electron chi connectivity index (χ0n) is 10.8. The fourth-order valence-corrected chi connectivity index (χ4v) is 2.16. The Labute approximate surface area is 117 Å². The second-order valence-electron chi connectivity index (χ2n) is 4.66. The molecule has 1 amide bonds. The van der Waals surface area contributed by atoms with Crippen molar-refractivity contribution < 1.29 is 9.18 Å². The predicted molar refractivity (Wildman–Crippen MR) is 74.0 cm³/mol. The van der Waals surface area contributed by atoms with Crippen LogP contribution in [-0.2, 0) is 4.79 Å². The number of rotatable bonds is 3. The van der Waals surface area contributed by atoms with E-state index in [0.717, 1.165) is 26.2 Å². The first-order valence-electron chi connectivity index (χ1n) is 6.21. The van der Waals surface area contributed by atoms with Crippen LogP contribution in [0.2, 0.25) is 5.02 Å². The summed E-state index contributed by atoms with van der Waals surface area (Å²) in [4.78, 5) is 16.0. The third-order valence-corrected chi connectivity index (χ3v) is 3.54. The molecule has 0 spiro atoms. The van der Waals surface area contributed by atoms with Gasteiger partial charge in [0.15, 0.2) is 0 Å². The van der Waals surface area contributed by atoms with Gasteiger partial charge in [-0.1, -0.05) is 11.6 Å². The van der Waals surface area contributed by atoms with Gasteiger partial charge in [0.1, 0.15) is 5.82 Å². The van der Waals surface area contributed by atoms with Crippen LogP contribution in [0.4, 0.5) is 10.1 Å². The molecule has 0 aliphatic carbocycles. The largest absolute Gasteiger partial charge is 0.375 e. The van der Waals surface area contributed by atoms with Crippen molar-refractivity contribution in [3.63, 3.8) is 0 Å². The Hall–Kier alpha value is -1.33. The lowest BCUT2D eigenvalue weighted by Crippen LogP contribution is -2.48. The molecule has 1 aliphatic rings. The van der Waals surface area contributed by atoms with E-state index in [1.54, 1.807) is 4.90 Å². The van der Waals surface area contributed by atoms with E-state index >= 15 is 0 Å². The van der Waals surface area contributed by atoms with Crippen LogP contribution in [-0.4, -0.2) is 55.5 Å². The highest BCUT2D eigenvalue weighted by Gasteiger charge is 2.18. The Morgan fingerprint density at radius 2 is 2.05 bits per heavy atom. The maximum absolute atomic E-state index is 13.1. The summed E-state index contributed by atoms with van der Waals surface area (Å²) in [7, 11) is 2.03. The minimum Gasteiger partial charge on any atom is -0.375 e. The van der Waals surface area contributed by atoms with Gasteiger partial charge in [0, 0.05) is 26.2 Å². The molecule has 1 heterocycles. The molecule has 0 atom stereocenters. The maximum atomic E-state index is 13.1. The predicted octanol–water partition coefficient (Wildman–Crippen LogP) is 1.66. The number of piperazine rings is 1. The second-order valence-corrected chi connectivity index (χ2v) is 5.07. The molecule has 0 saturated carbocycles. The van der Waals surface area contributed by atoms with Gasteiger partial charge in [0.2, 0.25) is 5.91 Å². The van der Waals surface area contributed by atoms with Crippen LogP contribution < -0.4 is 5.32 Å². The number of amides is 1. The quantitative estimate of drug-likeness (QED) is 0.918. The van der Waals surface area contributed by atoms with Gasteiger partial charge in [-0.3, -0.25) is 4.79 Å². The number of carbonyl (C=O) groups is 1. The van der Waals surface area contributed by atoms with E-state index in [1.165, 1.54) is 18.2 Å². The normalized spacial score (nSPS) is 16.5. The molecule has 1 saturated heterocycles. The molecule has 0 aromatic heterocycles. The highest BCUT2D eigenvalue weighted by atomic mass is 35.5. The Morgan fingerprint density at radius 3 is 2.74 bits per heavy atom. The van der Waals surface area contributed by atoms with Crippen molar-refractivity contribution in [1.82, 2.24) is 9.80 Å². The van der Waals surface area contributed by atoms with Gasteiger partial charge >= 0.3 is 0 Å². The Bertz CT molecular complexity index is 461. The van der Waals surface area contributed by atoms with Crippen LogP contribution in [0.1, 0.15) is 0 Å². The van der Waals surface area contributed by atoms with E-state index in [2.05, 4.69) is 10.2 Å². The van der Waals surface area contributed by atoms with Gasteiger partial charge < -0.3 is 15.1 Å². The van der Waals surface area contributed by atoms with Crippen molar-refractivity contribution in [2.75, 3.05) is 45.1 Å². The van der Waals surface area contributed by atoms with E-state index in [-0.39, 0.29) is 18.3 Å². The SMILES string of the molecule is CN1CCN(C(=O)CNc2cc(F)ccc2Cl)CC1. The van der Waals surface area contributed by atoms with Gasteiger partial charge in [-0.25, -0.2) is 4.39 Å². The van der Waals surface area contributed by atoms with Crippen molar-refractivity contribution >= 4 is 23.2 Å². The van der Waals surface area contributed by atoms with Gasteiger partial charge in [0.05, 0.1) is 17.3 Å². The summed E-state index contributed by atoms with van der Waals surface area (Å²) in [5.41, 5.74) is 0.448. The number of likely N-dealkylation sites (N-methyl/N-ethyl adjacent to an activating group) is 1. The molecule has 19 heavy (non-hydrogen) atoms. The first kappa shape index (κ1) is 14.1. The van der Waals surface area contributed by atoms with Crippen molar-refractivity contribution in [3.8, 4) is 0 Å². The zero-order chi connectivity index (χ0) is 13.8. The number of carbonyl (C=O) groups excluding carboxylic acids is 1. The second kappa shape index (κ2) is 6.21. The van der Waals surface area contributed by atoms with Crippen LogP contribution in [0.3, 0.4) is 0 Å². The summed E-state index contributed by atoms with van der Waals surface area (Å²) in [6.45, 7) is 3.35. The highest BCUT2D eigenvalue weighted by Crippen LogP contribution is 2.22. The van der Waals surface area contributed by atoms with Crippen LogP contribution in [0.25, 0.3) is 0 Å². The number of nitrogens with one attached hydrogen (secondary N) is 1. The molecule has 1 fully saturated rings. The first-order valence-corrected chi connectivity index (χ1v) is 6.59. The Balaban J connectivity index is 1.88. The first-order chi connectivity index (χ1) is 9.06. The topological polar surface area (TPSA) is 35.6 Å². The molecule has 1 aliphatic heterocycles. The van der Waals surface area contributed by atoms with Crippen LogP contribution in [0.5, 0.6) is 0 Å². The van der Waals surface area contributed by atoms with E-state index in [0.29, 0.717) is 10.7 Å². The average molecular weight is 286 g/mol. The van der Waals surface area contributed by atoms with E-state index in [4.69, 9.17) is 11.6 Å². The molecule has 0 radical (unpaired) electrons. The van der Waals surface area contributed by atoms with Gasteiger partial charge in [-0.05, 0) is 25.2 Å².